The highest BCUT2D eigenvalue weighted by molar-refractivity contribution is 5.89. The summed E-state index contributed by atoms with van der Waals surface area (Å²) in [5.41, 5.74) is 0.134. The zero-order valence-corrected chi connectivity index (χ0v) is 8.89. The molecule has 6 heteroatoms. The number of amides is 1. The number of hydrogen-bond acceptors (Lipinski definition) is 3. The Morgan fingerprint density at radius 1 is 1.47 bits per heavy atom. The second-order valence-corrected chi connectivity index (χ2v) is 3.74. The van der Waals surface area contributed by atoms with E-state index in [1.54, 1.807) is 6.07 Å². The van der Waals surface area contributed by atoms with E-state index in [0.29, 0.717) is 0 Å². The first kappa shape index (κ1) is 11.4. The molecule has 1 aliphatic rings. The molecule has 1 unspecified atom stereocenters. The number of carboxylic acid groups (broad SMARTS) is 1. The van der Waals surface area contributed by atoms with E-state index in [4.69, 9.17) is 5.11 Å². The second-order valence-electron chi connectivity index (χ2n) is 3.74. The van der Waals surface area contributed by atoms with Crippen molar-refractivity contribution in [3.8, 4) is 0 Å². The van der Waals surface area contributed by atoms with Crippen molar-refractivity contribution >= 4 is 17.6 Å². The largest absolute Gasteiger partial charge is 0.480 e. The fourth-order valence-electron chi connectivity index (χ4n) is 1.80. The zero-order valence-electron chi connectivity index (χ0n) is 8.89. The number of carboxylic acids is 1. The van der Waals surface area contributed by atoms with Gasteiger partial charge >= 0.3 is 5.97 Å². The molecular formula is C11H11FN2O3. The van der Waals surface area contributed by atoms with Gasteiger partial charge in [0, 0.05) is 6.54 Å². The van der Waals surface area contributed by atoms with Crippen molar-refractivity contribution in [1.82, 2.24) is 5.32 Å². The minimum atomic E-state index is -1.09. The van der Waals surface area contributed by atoms with Gasteiger partial charge in [-0.1, -0.05) is 12.1 Å². The SMILES string of the molecule is O=C1CN(c2ccccc2F)C(C(=O)O)CN1. The van der Waals surface area contributed by atoms with Crippen LogP contribution in [0.3, 0.4) is 0 Å². The summed E-state index contributed by atoms with van der Waals surface area (Å²) in [6.07, 6.45) is 0. The first-order chi connectivity index (χ1) is 8.09. The van der Waals surface area contributed by atoms with E-state index >= 15 is 0 Å². The van der Waals surface area contributed by atoms with Crippen molar-refractivity contribution in [2.75, 3.05) is 18.0 Å². The fourth-order valence-corrected chi connectivity index (χ4v) is 1.80. The topological polar surface area (TPSA) is 69.6 Å². The molecule has 1 amide bonds. The number of benzene rings is 1. The number of nitrogens with one attached hydrogen (secondary N) is 1. The number of carbonyl (C=O) groups is 2. The first-order valence-corrected chi connectivity index (χ1v) is 5.10. The molecule has 1 aliphatic heterocycles. The van der Waals surface area contributed by atoms with E-state index in [1.165, 1.54) is 23.1 Å². The predicted octanol–water partition coefficient (Wildman–Crippen LogP) is 0.215. The van der Waals surface area contributed by atoms with Crippen molar-refractivity contribution < 1.29 is 19.1 Å². The Morgan fingerprint density at radius 3 is 2.82 bits per heavy atom. The normalized spacial score (nSPS) is 19.9. The van der Waals surface area contributed by atoms with Crippen LogP contribution < -0.4 is 10.2 Å². The quantitative estimate of drug-likeness (QED) is 0.773. The molecule has 5 nitrogen and oxygen atoms in total. The lowest BCUT2D eigenvalue weighted by atomic mass is 10.1. The van der Waals surface area contributed by atoms with Gasteiger partial charge in [0.2, 0.25) is 5.91 Å². The summed E-state index contributed by atoms with van der Waals surface area (Å²) in [6.45, 7) is -0.180. The number of halogens is 1. The maximum atomic E-state index is 13.6. The lowest BCUT2D eigenvalue weighted by Gasteiger charge is -2.34. The summed E-state index contributed by atoms with van der Waals surface area (Å²) in [5.74, 6) is -1.94. The summed E-state index contributed by atoms with van der Waals surface area (Å²) < 4.78 is 13.6. The molecule has 0 radical (unpaired) electrons. The van der Waals surface area contributed by atoms with E-state index in [-0.39, 0.29) is 24.7 Å². The monoisotopic (exact) mass is 238 g/mol. The van der Waals surface area contributed by atoms with Crippen LogP contribution in [0.1, 0.15) is 0 Å². The van der Waals surface area contributed by atoms with Crippen molar-refractivity contribution in [2.45, 2.75) is 6.04 Å². The highest BCUT2D eigenvalue weighted by Gasteiger charge is 2.33. The van der Waals surface area contributed by atoms with Crippen molar-refractivity contribution in [3.05, 3.63) is 30.1 Å². The average Bonchev–Trinajstić information content (AvgIpc) is 2.29. The predicted molar refractivity (Wildman–Crippen MR) is 58.2 cm³/mol. The molecule has 0 saturated carbocycles. The third-order valence-electron chi connectivity index (χ3n) is 2.63. The lowest BCUT2D eigenvalue weighted by molar-refractivity contribution is -0.139. The molecule has 0 aliphatic carbocycles. The number of hydrogen-bond donors (Lipinski definition) is 2. The molecule has 1 saturated heterocycles. The van der Waals surface area contributed by atoms with Crippen LogP contribution in [0.5, 0.6) is 0 Å². The van der Waals surface area contributed by atoms with Gasteiger partial charge in [-0.25, -0.2) is 9.18 Å². The Hall–Kier alpha value is -2.11. The van der Waals surface area contributed by atoms with E-state index in [1.807, 2.05) is 0 Å². The third-order valence-corrected chi connectivity index (χ3v) is 2.63. The molecule has 1 atom stereocenters. The Balaban J connectivity index is 2.35. The van der Waals surface area contributed by atoms with Gasteiger partial charge in [-0.3, -0.25) is 4.79 Å². The number of carbonyl (C=O) groups excluding carboxylic acids is 1. The van der Waals surface area contributed by atoms with Gasteiger partial charge in [0.25, 0.3) is 0 Å². The lowest BCUT2D eigenvalue weighted by Crippen LogP contribution is -2.58. The van der Waals surface area contributed by atoms with Gasteiger partial charge in [-0.15, -0.1) is 0 Å². The minimum absolute atomic E-state index is 0.0253. The number of piperazine rings is 1. The van der Waals surface area contributed by atoms with Crippen LogP contribution >= 0.6 is 0 Å². The maximum Gasteiger partial charge on any atom is 0.328 e. The number of para-hydroxylation sites is 1. The zero-order chi connectivity index (χ0) is 12.4. The highest BCUT2D eigenvalue weighted by Crippen LogP contribution is 2.22. The smallest absolute Gasteiger partial charge is 0.328 e. The van der Waals surface area contributed by atoms with E-state index in [2.05, 4.69) is 5.32 Å². The maximum absolute atomic E-state index is 13.6. The van der Waals surface area contributed by atoms with Crippen LogP contribution in [-0.4, -0.2) is 36.1 Å². The van der Waals surface area contributed by atoms with Crippen LogP contribution in [0.25, 0.3) is 0 Å². The molecular weight excluding hydrogens is 227 g/mol. The Labute approximate surface area is 96.8 Å². The van der Waals surface area contributed by atoms with Gasteiger partial charge in [0.15, 0.2) is 0 Å². The minimum Gasteiger partial charge on any atom is -0.480 e. The van der Waals surface area contributed by atoms with Crippen LogP contribution in [0, 0.1) is 5.82 Å². The molecule has 1 fully saturated rings. The number of aliphatic carboxylic acids is 1. The van der Waals surface area contributed by atoms with Crippen LogP contribution in [0.2, 0.25) is 0 Å². The first-order valence-electron chi connectivity index (χ1n) is 5.10. The summed E-state index contributed by atoms with van der Waals surface area (Å²) in [7, 11) is 0. The second kappa shape index (κ2) is 4.40. The van der Waals surface area contributed by atoms with Gasteiger partial charge in [0.05, 0.1) is 12.2 Å². The van der Waals surface area contributed by atoms with E-state index in [0.717, 1.165) is 0 Å². The Morgan fingerprint density at radius 2 is 2.18 bits per heavy atom. The molecule has 1 heterocycles. The molecule has 90 valence electrons. The molecule has 0 aromatic heterocycles. The summed E-state index contributed by atoms with van der Waals surface area (Å²) >= 11 is 0. The summed E-state index contributed by atoms with van der Waals surface area (Å²) in [4.78, 5) is 23.6. The molecule has 2 rings (SSSR count). The number of rotatable bonds is 2. The fraction of sp³-hybridized carbons (Fsp3) is 0.273. The van der Waals surface area contributed by atoms with E-state index < -0.39 is 17.8 Å². The van der Waals surface area contributed by atoms with E-state index in [9.17, 15) is 14.0 Å². The van der Waals surface area contributed by atoms with Crippen molar-refractivity contribution in [3.63, 3.8) is 0 Å². The molecule has 17 heavy (non-hydrogen) atoms. The van der Waals surface area contributed by atoms with Crippen LogP contribution in [-0.2, 0) is 9.59 Å². The summed E-state index contributed by atoms with van der Waals surface area (Å²) in [6, 6.07) is 4.87. The Kier molecular flexibility index (Phi) is 2.95. The standard InChI is InChI=1S/C11H11FN2O3/c12-7-3-1-2-4-8(7)14-6-10(15)13-5-9(14)11(16)17/h1-4,9H,5-6H2,(H,13,15)(H,16,17). The number of anilines is 1. The Bertz CT molecular complexity index is 464. The molecule has 0 spiro atoms. The molecule has 2 N–H and O–H groups in total. The molecule has 1 aromatic rings. The molecule has 0 bridgehead atoms. The summed E-state index contributed by atoms with van der Waals surface area (Å²) in [5, 5.41) is 11.5. The van der Waals surface area contributed by atoms with Crippen molar-refractivity contribution in [2.24, 2.45) is 0 Å². The van der Waals surface area contributed by atoms with Gasteiger partial charge < -0.3 is 15.3 Å². The van der Waals surface area contributed by atoms with Gasteiger partial charge in [0.1, 0.15) is 11.9 Å². The van der Waals surface area contributed by atoms with Gasteiger partial charge in [-0.2, -0.15) is 0 Å². The number of nitrogens with zero attached hydrogens (tertiary/aromatic N) is 1. The highest BCUT2D eigenvalue weighted by atomic mass is 19.1. The van der Waals surface area contributed by atoms with Crippen LogP contribution in [0.4, 0.5) is 10.1 Å². The van der Waals surface area contributed by atoms with Crippen molar-refractivity contribution in [1.29, 1.82) is 0 Å². The van der Waals surface area contributed by atoms with Gasteiger partial charge in [-0.05, 0) is 12.1 Å². The van der Waals surface area contributed by atoms with Crippen LogP contribution in [0.15, 0.2) is 24.3 Å². The average molecular weight is 238 g/mol. The molecule has 1 aromatic carbocycles. The third kappa shape index (κ3) is 2.20.